The normalized spacial score (nSPS) is 11.9. The number of benzene rings is 2. The van der Waals surface area contributed by atoms with Gasteiger partial charge in [0.05, 0.1) is 31.7 Å². The van der Waals surface area contributed by atoms with Crippen LogP contribution in [-0.4, -0.2) is 30.7 Å². The van der Waals surface area contributed by atoms with Crippen molar-refractivity contribution in [3.8, 4) is 17.0 Å². The van der Waals surface area contributed by atoms with Crippen LogP contribution in [0.25, 0.3) is 11.1 Å². The summed E-state index contributed by atoms with van der Waals surface area (Å²) in [5.74, 6) is -0.289. The molecule has 1 unspecified atom stereocenters. The number of esters is 1. The summed E-state index contributed by atoms with van der Waals surface area (Å²) >= 11 is 0. The Bertz CT molecular complexity index is 1250. The minimum atomic E-state index is -4.59. The van der Waals surface area contributed by atoms with Crippen molar-refractivity contribution >= 4 is 12.0 Å². The van der Waals surface area contributed by atoms with Crippen LogP contribution in [0.2, 0.25) is 0 Å². The van der Waals surface area contributed by atoms with Crippen molar-refractivity contribution in [2.24, 2.45) is 0 Å². The predicted octanol–water partition coefficient (Wildman–Crippen LogP) is 5.83. The zero-order chi connectivity index (χ0) is 27.7. The van der Waals surface area contributed by atoms with Gasteiger partial charge in [0.1, 0.15) is 0 Å². The standard InChI is InChI=1S/C28H30F3N3O4/c1-4-24(34-27(36)33-16-18-9-7-6-8-10-18)22-15-20(28(29,30)31)11-12-21(22)23-13-19(14-25(35)38-5-2)17-32-26(23)37-3/h6-13,15,17,24H,4-5,14,16H2,1-3H3,(H2,33,34,36). The van der Waals surface area contributed by atoms with E-state index in [9.17, 15) is 22.8 Å². The Morgan fingerprint density at radius 3 is 2.37 bits per heavy atom. The van der Waals surface area contributed by atoms with Crippen LogP contribution in [0, 0.1) is 0 Å². The van der Waals surface area contributed by atoms with Gasteiger partial charge in [-0.3, -0.25) is 4.79 Å². The second-order valence-corrected chi connectivity index (χ2v) is 8.46. The average molecular weight is 530 g/mol. The van der Waals surface area contributed by atoms with Crippen molar-refractivity contribution < 1.29 is 32.2 Å². The number of pyridine rings is 1. The van der Waals surface area contributed by atoms with E-state index in [2.05, 4.69) is 15.6 Å². The van der Waals surface area contributed by atoms with Crippen molar-refractivity contribution in [2.75, 3.05) is 13.7 Å². The van der Waals surface area contributed by atoms with Crippen LogP contribution in [0.4, 0.5) is 18.0 Å². The molecule has 10 heteroatoms. The lowest BCUT2D eigenvalue weighted by Crippen LogP contribution is -2.37. The molecule has 1 heterocycles. The molecule has 38 heavy (non-hydrogen) atoms. The lowest BCUT2D eigenvalue weighted by molar-refractivity contribution is -0.142. The summed E-state index contributed by atoms with van der Waals surface area (Å²) < 4.78 is 51.4. The zero-order valence-electron chi connectivity index (χ0n) is 21.4. The molecule has 3 rings (SSSR count). The van der Waals surface area contributed by atoms with Gasteiger partial charge in [-0.05, 0) is 53.8 Å². The van der Waals surface area contributed by atoms with Gasteiger partial charge >= 0.3 is 18.2 Å². The summed E-state index contributed by atoms with van der Waals surface area (Å²) in [5.41, 5.74) is 1.56. The van der Waals surface area contributed by atoms with E-state index in [4.69, 9.17) is 9.47 Å². The first kappa shape index (κ1) is 28.5. The molecule has 7 nitrogen and oxygen atoms in total. The molecule has 0 bridgehead atoms. The van der Waals surface area contributed by atoms with Gasteiger partial charge in [0.25, 0.3) is 0 Å². The third-order valence-electron chi connectivity index (χ3n) is 5.81. The first-order valence-electron chi connectivity index (χ1n) is 12.1. The van der Waals surface area contributed by atoms with Gasteiger partial charge in [-0.1, -0.05) is 43.3 Å². The van der Waals surface area contributed by atoms with Crippen LogP contribution >= 0.6 is 0 Å². The van der Waals surface area contributed by atoms with Crippen LogP contribution in [0.5, 0.6) is 5.88 Å². The number of methoxy groups -OCH3 is 1. The number of ether oxygens (including phenoxy) is 2. The lowest BCUT2D eigenvalue weighted by atomic mass is 9.91. The molecule has 1 aromatic heterocycles. The van der Waals surface area contributed by atoms with Gasteiger partial charge in [0.15, 0.2) is 0 Å². The van der Waals surface area contributed by atoms with Gasteiger partial charge < -0.3 is 20.1 Å². The van der Waals surface area contributed by atoms with Crippen molar-refractivity contribution in [1.82, 2.24) is 15.6 Å². The number of urea groups is 1. The van der Waals surface area contributed by atoms with Crippen LogP contribution in [0.3, 0.4) is 0 Å². The Balaban J connectivity index is 2.00. The minimum absolute atomic E-state index is 0.0643. The molecule has 1 atom stereocenters. The molecule has 0 spiro atoms. The number of nitrogens with one attached hydrogen (secondary N) is 2. The van der Waals surface area contributed by atoms with Crippen LogP contribution in [-0.2, 0) is 28.7 Å². The fraction of sp³-hybridized carbons (Fsp3) is 0.321. The molecule has 202 valence electrons. The van der Waals surface area contributed by atoms with Crippen molar-refractivity contribution in [2.45, 2.75) is 45.5 Å². The minimum Gasteiger partial charge on any atom is -0.481 e. The summed E-state index contributed by atoms with van der Waals surface area (Å²) in [6.07, 6.45) is -2.89. The SMILES string of the molecule is CCOC(=O)Cc1cnc(OC)c(-c2ccc(C(F)(F)F)cc2C(CC)NC(=O)NCc2ccccc2)c1. The number of carbonyl (C=O) groups excluding carboxylic acids is 2. The lowest BCUT2D eigenvalue weighted by Gasteiger charge is -2.23. The number of amides is 2. The van der Waals surface area contributed by atoms with Gasteiger partial charge in [0.2, 0.25) is 5.88 Å². The van der Waals surface area contributed by atoms with E-state index in [1.807, 2.05) is 30.3 Å². The number of carbonyl (C=O) groups is 2. The summed E-state index contributed by atoms with van der Waals surface area (Å²) in [7, 11) is 1.40. The summed E-state index contributed by atoms with van der Waals surface area (Å²) in [6, 6.07) is 12.9. The molecule has 3 aromatic rings. The fourth-order valence-corrected chi connectivity index (χ4v) is 3.99. The summed E-state index contributed by atoms with van der Waals surface area (Å²) in [5, 5.41) is 5.53. The third-order valence-corrected chi connectivity index (χ3v) is 5.81. The summed E-state index contributed by atoms with van der Waals surface area (Å²) in [4.78, 5) is 29.0. The largest absolute Gasteiger partial charge is 0.481 e. The van der Waals surface area contributed by atoms with Gasteiger partial charge in [0, 0.05) is 18.3 Å². The molecular weight excluding hydrogens is 499 g/mol. The first-order chi connectivity index (χ1) is 18.2. The van der Waals surface area contributed by atoms with Gasteiger partial charge in [-0.25, -0.2) is 9.78 Å². The highest BCUT2D eigenvalue weighted by Crippen LogP contribution is 2.39. The van der Waals surface area contributed by atoms with E-state index in [1.54, 1.807) is 19.9 Å². The highest BCUT2D eigenvalue weighted by atomic mass is 19.4. The predicted molar refractivity (Wildman–Crippen MR) is 136 cm³/mol. The average Bonchev–Trinajstić information content (AvgIpc) is 2.90. The Hall–Kier alpha value is -4.08. The monoisotopic (exact) mass is 529 g/mol. The first-order valence-corrected chi connectivity index (χ1v) is 12.1. The van der Waals surface area contributed by atoms with Crippen molar-refractivity contribution in [1.29, 1.82) is 0 Å². The van der Waals surface area contributed by atoms with Crippen LogP contribution in [0.1, 0.15) is 48.6 Å². The van der Waals surface area contributed by atoms with E-state index < -0.39 is 29.8 Å². The Morgan fingerprint density at radius 2 is 1.74 bits per heavy atom. The molecule has 2 N–H and O–H groups in total. The maximum absolute atomic E-state index is 13.7. The Morgan fingerprint density at radius 1 is 1.00 bits per heavy atom. The van der Waals surface area contributed by atoms with Crippen LogP contribution < -0.4 is 15.4 Å². The number of aromatic nitrogens is 1. The van der Waals surface area contributed by atoms with Gasteiger partial charge in [-0.2, -0.15) is 13.2 Å². The molecule has 0 fully saturated rings. The topological polar surface area (TPSA) is 89.6 Å². The Kier molecular flexibility index (Phi) is 9.70. The maximum atomic E-state index is 13.7. The third kappa shape index (κ3) is 7.47. The highest BCUT2D eigenvalue weighted by Gasteiger charge is 2.32. The number of hydrogen-bond acceptors (Lipinski definition) is 5. The fourth-order valence-electron chi connectivity index (χ4n) is 3.99. The van der Waals surface area contributed by atoms with E-state index >= 15 is 0 Å². The number of alkyl halides is 3. The molecule has 0 aliphatic rings. The number of halogens is 3. The highest BCUT2D eigenvalue weighted by molar-refractivity contribution is 5.78. The quantitative estimate of drug-likeness (QED) is 0.323. The molecule has 0 saturated heterocycles. The van der Waals surface area contributed by atoms with E-state index in [0.29, 0.717) is 23.1 Å². The maximum Gasteiger partial charge on any atom is 0.416 e. The summed E-state index contributed by atoms with van der Waals surface area (Å²) in [6.45, 7) is 3.93. The van der Waals surface area contributed by atoms with Crippen molar-refractivity contribution in [3.05, 3.63) is 83.0 Å². The molecule has 0 aliphatic heterocycles. The van der Waals surface area contributed by atoms with Crippen molar-refractivity contribution in [3.63, 3.8) is 0 Å². The number of rotatable bonds is 10. The second kappa shape index (κ2) is 12.9. The second-order valence-electron chi connectivity index (χ2n) is 8.46. The van der Waals surface area contributed by atoms with Crippen LogP contribution in [0.15, 0.2) is 60.8 Å². The molecular formula is C28H30F3N3O4. The molecule has 0 aliphatic carbocycles. The van der Waals surface area contributed by atoms with E-state index in [-0.39, 0.29) is 31.0 Å². The molecule has 0 saturated carbocycles. The molecule has 2 amide bonds. The molecule has 2 aromatic carbocycles. The van der Waals surface area contributed by atoms with Gasteiger partial charge in [-0.15, -0.1) is 0 Å². The van der Waals surface area contributed by atoms with E-state index in [1.165, 1.54) is 19.4 Å². The zero-order valence-corrected chi connectivity index (χ0v) is 21.4. The smallest absolute Gasteiger partial charge is 0.416 e. The Labute approximate surface area is 219 Å². The number of nitrogens with zero attached hydrogens (tertiary/aromatic N) is 1. The van der Waals surface area contributed by atoms with E-state index in [0.717, 1.165) is 17.7 Å². The molecule has 0 radical (unpaired) electrons. The number of hydrogen-bond donors (Lipinski definition) is 2.